The molecule has 1 unspecified atom stereocenters. The van der Waals surface area contributed by atoms with E-state index in [0.717, 1.165) is 28.3 Å². The minimum Gasteiger partial charge on any atom is -0.493 e. The van der Waals surface area contributed by atoms with Gasteiger partial charge in [0, 0.05) is 12.0 Å². The number of hydrogen-bond donors (Lipinski definition) is 0. The van der Waals surface area contributed by atoms with E-state index in [1.165, 1.54) is 0 Å². The van der Waals surface area contributed by atoms with Gasteiger partial charge in [0.1, 0.15) is 11.5 Å². The first-order valence-corrected chi connectivity index (χ1v) is 8.31. The molecule has 0 saturated carbocycles. The lowest BCUT2D eigenvalue weighted by molar-refractivity contribution is 0.320. The molecule has 1 heterocycles. The van der Waals surface area contributed by atoms with Crippen LogP contribution >= 0.6 is 0 Å². The summed E-state index contributed by atoms with van der Waals surface area (Å²) in [5.74, 6) is 2.14. The fraction of sp³-hybridized carbons (Fsp3) is 0.238. The summed E-state index contributed by atoms with van der Waals surface area (Å²) in [5.41, 5.74) is 2.88. The SMILES string of the molecule is Cc1oc(-c2ccccc2)nc1CCOc1ccc(C(C)C#N)cc1. The Kier molecular flexibility index (Phi) is 5.15. The highest BCUT2D eigenvalue weighted by molar-refractivity contribution is 5.53. The molecular formula is C21H20N2O2. The van der Waals surface area contributed by atoms with Gasteiger partial charge >= 0.3 is 0 Å². The van der Waals surface area contributed by atoms with Gasteiger partial charge in [-0.1, -0.05) is 30.3 Å². The molecule has 0 aliphatic carbocycles. The number of oxazole rings is 1. The average Bonchev–Trinajstić information content (AvgIpc) is 3.03. The molecular weight excluding hydrogens is 312 g/mol. The number of nitriles is 1. The number of rotatable bonds is 6. The second-order valence-corrected chi connectivity index (χ2v) is 5.91. The van der Waals surface area contributed by atoms with Crippen LogP contribution in [0.3, 0.4) is 0 Å². The maximum absolute atomic E-state index is 8.94. The molecule has 0 amide bonds. The van der Waals surface area contributed by atoms with Crippen LogP contribution in [0.1, 0.15) is 29.9 Å². The van der Waals surface area contributed by atoms with Crippen molar-refractivity contribution in [2.45, 2.75) is 26.2 Å². The molecule has 25 heavy (non-hydrogen) atoms. The molecule has 0 spiro atoms. The summed E-state index contributed by atoms with van der Waals surface area (Å²) in [7, 11) is 0. The minimum absolute atomic E-state index is 0.108. The zero-order valence-electron chi connectivity index (χ0n) is 14.4. The Morgan fingerprint density at radius 3 is 2.52 bits per heavy atom. The molecule has 126 valence electrons. The number of nitrogens with zero attached hydrogens (tertiary/aromatic N) is 2. The van der Waals surface area contributed by atoms with Crippen molar-refractivity contribution >= 4 is 0 Å². The molecule has 0 bridgehead atoms. The molecule has 0 N–H and O–H groups in total. The van der Waals surface area contributed by atoms with Crippen LogP contribution in [0.15, 0.2) is 59.0 Å². The average molecular weight is 332 g/mol. The van der Waals surface area contributed by atoms with Gasteiger partial charge in [-0.3, -0.25) is 0 Å². The largest absolute Gasteiger partial charge is 0.493 e. The van der Waals surface area contributed by atoms with Crippen molar-refractivity contribution in [3.63, 3.8) is 0 Å². The van der Waals surface area contributed by atoms with Crippen molar-refractivity contribution in [3.05, 3.63) is 71.6 Å². The molecule has 1 aromatic heterocycles. The standard InChI is InChI=1S/C21H20N2O2/c1-15(14-22)17-8-10-19(11-9-17)24-13-12-20-16(2)25-21(23-20)18-6-4-3-5-7-18/h3-11,15H,12-13H2,1-2H3. The first kappa shape index (κ1) is 16.8. The Morgan fingerprint density at radius 1 is 1.12 bits per heavy atom. The summed E-state index contributed by atoms with van der Waals surface area (Å²) in [5, 5.41) is 8.94. The predicted molar refractivity (Wildman–Crippen MR) is 96.3 cm³/mol. The van der Waals surface area contributed by atoms with Gasteiger partial charge in [-0.05, 0) is 43.7 Å². The maximum atomic E-state index is 8.94. The molecule has 4 heteroatoms. The van der Waals surface area contributed by atoms with E-state index in [2.05, 4.69) is 11.1 Å². The third-order valence-electron chi connectivity index (χ3n) is 4.09. The summed E-state index contributed by atoms with van der Waals surface area (Å²) >= 11 is 0. The van der Waals surface area contributed by atoms with E-state index in [1.54, 1.807) is 0 Å². The van der Waals surface area contributed by atoms with Crippen LogP contribution in [0.5, 0.6) is 5.75 Å². The van der Waals surface area contributed by atoms with E-state index in [1.807, 2.05) is 68.4 Å². The van der Waals surface area contributed by atoms with Crippen LogP contribution in [0.25, 0.3) is 11.5 Å². The van der Waals surface area contributed by atoms with Gasteiger partial charge in [0.25, 0.3) is 0 Å². The van der Waals surface area contributed by atoms with Gasteiger partial charge in [0.2, 0.25) is 5.89 Å². The fourth-order valence-electron chi connectivity index (χ4n) is 2.56. The van der Waals surface area contributed by atoms with Crippen LogP contribution in [-0.2, 0) is 6.42 Å². The molecule has 0 saturated heterocycles. The number of benzene rings is 2. The monoisotopic (exact) mass is 332 g/mol. The first-order chi connectivity index (χ1) is 12.2. The van der Waals surface area contributed by atoms with Crippen LogP contribution in [0.4, 0.5) is 0 Å². The molecule has 0 fully saturated rings. The highest BCUT2D eigenvalue weighted by atomic mass is 16.5. The van der Waals surface area contributed by atoms with Crippen molar-refractivity contribution in [1.82, 2.24) is 4.98 Å². The van der Waals surface area contributed by atoms with Crippen LogP contribution < -0.4 is 4.74 Å². The van der Waals surface area contributed by atoms with E-state index in [4.69, 9.17) is 14.4 Å². The van der Waals surface area contributed by atoms with Crippen LogP contribution in [0, 0.1) is 18.3 Å². The molecule has 1 atom stereocenters. The number of ether oxygens (including phenoxy) is 1. The third kappa shape index (κ3) is 4.07. The molecule has 2 aromatic carbocycles. The van der Waals surface area contributed by atoms with Gasteiger partial charge in [-0.2, -0.15) is 5.26 Å². The summed E-state index contributed by atoms with van der Waals surface area (Å²) in [6.07, 6.45) is 0.679. The van der Waals surface area contributed by atoms with Crippen LogP contribution in [0.2, 0.25) is 0 Å². The topological polar surface area (TPSA) is 59.1 Å². The van der Waals surface area contributed by atoms with Crippen molar-refractivity contribution in [3.8, 4) is 23.3 Å². The Bertz CT molecular complexity index is 861. The van der Waals surface area contributed by atoms with Gasteiger partial charge in [-0.25, -0.2) is 4.98 Å². The van der Waals surface area contributed by atoms with E-state index < -0.39 is 0 Å². The molecule has 3 aromatic rings. The Labute approximate surface area is 147 Å². The Hall–Kier alpha value is -3.06. The Balaban J connectivity index is 1.59. The Morgan fingerprint density at radius 2 is 1.84 bits per heavy atom. The second kappa shape index (κ2) is 7.67. The summed E-state index contributed by atoms with van der Waals surface area (Å²) in [4.78, 5) is 4.58. The van der Waals surface area contributed by atoms with E-state index >= 15 is 0 Å². The highest BCUT2D eigenvalue weighted by Gasteiger charge is 2.11. The third-order valence-corrected chi connectivity index (χ3v) is 4.09. The summed E-state index contributed by atoms with van der Waals surface area (Å²) in [6.45, 7) is 4.33. The summed E-state index contributed by atoms with van der Waals surface area (Å²) < 4.78 is 11.5. The maximum Gasteiger partial charge on any atom is 0.226 e. The van der Waals surface area contributed by atoms with Crippen molar-refractivity contribution in [2.75, 3.05) is 6.61 Å². The molecule has 0 radical (unpaired) electrons. The smallest absolute Gasteiger partial charge is 0.226 e. The quantitative estimate of drug-likeness (QED) is 0.644. The number of aromatic nitrogens is 1. The summed E-state index contributed by atoms with van der Waals surface area (Å²) in [6, 6.07) is 19.7. The van der Waals surface area contributed by atoms with Gasteiger partial charge in [0.05, 0.1) is 24.3 Å². The highest BCUT2D eigenvalue weighted by Crippen LogP contribution is 2.22. The first-order valence-electron chi connectivity index (χ1n) is 8.31. The van der Waals surface area contributed by atoms with Crippen molar-refractivity contribution in [1.29, 1.82) is 5.26 Å². The van der Waals surface area contributed by atoms with E-state index in [-0.39, 0.29) is 5.92 Å². The predicted octanol–water partition coefficient (Wildman–Crippen LogP) is 4.90. The van der Waals surface area contributed by atoms with Gasteiger partial charge < -0.3 is 9.15 Å². The van der Waals surface area contributed by atoms with E-state index in [9.17, 15) is 0 Å². The van der Waals surface area contributed by atoms with Crippen LogP contribution in [-0.4, -0.2) is 11.6 Å². The van der Waals surface area contributed by atoms with Gasteiger partial charge in [0.15, 0.2) is 0 Å². The molecule has 4 nitrogen and oxygen atoms in total. The van der Waals surface area contributed by atoms with Crippen molar-refractivity contribution in [2.24, 2.45) is 0 Å². The van der Waals surface area contributed by atoms with Gasteiger partial charge in [-0.15, -0.1) is 0 Å². The van der Waals surface area contributed by atoms with E-state index in [0.29, 0.717) is 18.9 Å². The molecule has 3 rings (SSSR count). The lowest BCUT2D eigenvalue weighted by atomic mass is 10.0. The minimum atomic E-state index is -0.108. The lowest BCUT2D eigenvalue weighted by Crippen LogP contribution is -2.03. The molecule has 0 aliphatic rings. The zero-order valence-corrected chi connectivity index (χ0v) is 14.4. The normalized spacial score (nSPS) is 11.7. The number of hydrogen-bond acceptors (Lipinski definition) is 4. The molecule has 0 aliphatic heterocycles. The van der Waals surface area contributed by atoms with Crippen molar-refractivity contribution < 1.29 is 9.15 Å². The fourth-order valence-corrected chi connectivity index (χ4v) is 2.56. The lowest BCUT2D eigenvalue weighted by Gasteiger charge is -2.07. The number of aryl methyl sites for hydroxylation is 1. The zero-order chi connectivity index (χ0) is 17.6. The second-order valence-electron chi connectivity index (χ2n) is 5.91.